The lowest BCUT2D eigenvalue weighted by atomic mass is 10.1. The molecular formula is C17H38N6O. The molecule has 0 aromatic rings. The fourth-order valence-electron chi connectivity index (χ4n) is 2.31. The third-order valence-electron chi connectivity index (χ3n) is 3.90. The van der Waals surface area contributed by atoms with Gasteiger partial charge in [-0.15, -0.1) is 0 Å². The second kappa shape index (κ2) is 16.7. The summed E-state index contributed by atoms with van der Waals surface area (Å²) in [5.74, 6) is 0.265. The van der Waals surface area contributed by atoms with Crippen LogP contribution in [0, 0.1) is 0 Å². The van der Waals surface area contributed by atoms with Gasteiger partial charge in [0.2, 0.25) is 0 Å². The summed E-state index contributed by atoms with van der Waals surface area (Å²) in [6, 6.07) is -0.274. The van der Waals surface area contributed by atoms with Crippen molar-refractivity contribution in [3.8, 4) is 0 Å². The summed E-state index contributed by atoms with van der Waals surface area (Å²) < 4.78 is 0. The summed E-state index contributed by atoms with van der Waals surface area (Å²) in [5.41, 5.74) is 16.2. The van der Waals surface area contributed by atoms with E-state index in [1.54, 1.807) is 6.92 Å². The Hall–Kier alpha value is -1.18. The Balaban J connectivity index is 3.10. The lowest BCUT2D eigenvalue weighted by Gasteiger charge is -2.08. The van der Waals surface area contributed by atoms with Crippen molar-refractivity contribution in [2.75, 3.05) is 32.7 Å². The van der Waals surface area contributed by atoms with E-state index >= 15 is 0 Å². The zero-order valence-electron chi connectivity index (χ0n) is 15.4. The Bertz CT molecular complexity index is 331. The molecule has 0 bridgehead atoms. The summed E-state index contributed by atoms with van der Waals surface area (Å²) >= 11 is 0. The molecule has 0 fully saturated rings. The van der Waals surface area contributed by atoms with Gasteiger partial charge in [0.25, 0.3) is 0 Å². The second-order valence-corrected chi connectivity index (χ2v) is 6.29. The van der Waals surface area contributed by atoms with E-state index in [9.17, 15) is 4.79 Å². The van der Waals surface area contributed by atoms with Crippen molar-refractivity contribution < 1.29 is 4.79 Å². The number of carbonyl (C=O) groups is 1. The first-order valence-corrected chi connectivity index (χ1v) is 9.27. The van der Waals surface area contributed by atoms with Crippen molar-refractivity contribution in [1.29, 1.82) is 0 Å². The van der Waals surface area contributed by atoms with Crippen LogP contribution in [0.25, 0.3) is 0 Å². The standard InChI is InChI=1S/C17H38N6O/c1-15(24)16(18)9-3-6-12-21-10-4-2-5-11-22-13-7-8-14-23-17(19)20/h16,21-22H,2-14,18H2,1H3,(H4,19,20,23). The number of rotatable bonds is 17. The molecule has 0 amide bonds. The third-order valence-corrected chi connectivity index (χ3v) is 3.90. The molecule has 0 saturated carbocycles. The Kier molecular flexibility index (Phi) is 15.9. The van der Waals surface area contributed by atoms with Crippen LogP contribution in [-0.2, 0) is 4.79 Å². The number of hydrogen-bond donors (Lipinski definition) is 5. The highest BCUT2D eigenvalue weighted by Gasteiger charge is 2.06. The van der Waals surface area contributed by atoms with Gasteiger partial charge in [0.1, 0.15) is 5.78 Å². The topological polar surface area (TPSA) is 132 Å². The molecule has 1 atom stereocenters. The number of ketones is 1. The summed E-state index contributed by atoms with van der Waals surface area (Å²) in [6.45, 7) is 6.46. The van der Waals surface area contributed by atoms with Gasteiger partial charge in [-0.05, 0) is 71.6 Å². The lowest BCUT2D eigenvalue weighted by Crippen LogP contribution is -2.28. The predicted molar refractivity (Wildman–Crippen MR) is 102 cm³/mol. The molecule has 0 heterocycles. The Morgan fingerprint density at radius 3 is 1.88 bits per heavy atom. The summed E-state index contributed by atoms with van der Waals surface area (Å²) in [5, 5.41) is 6.88. The number of guanidine groups is 1. The fraction of sp³-hybridized carbons (Fsp3) is 0.882. The first-order valence-electron chi connectivity index (χ1n) is 9.27. The van der Waals surface area contributed by atoms with Crippen LogP contribution in [0.4, 0.5) is 0 Å². The predicted octanol–water partition coefficient (Wildman–Crippen LogP) is 0.476. The van der Waals surface area contributed by atoms with Crippen molar-refractivity contribution >= 4 is 11.7 Å². The van der Waals surface area contributed by atoms with E-state index in [1.807, 2.05) is 0 Å². The van der Waals surface area contributed by atoms with Crippen LogP contribution >= 0.6 is 0 Å². The lowest BCUT2D eigenvalue weighted by molar-refractivity contribution is -0.118. The molecule has 0 aromatic carbocycles. The van der Waals surface area contributed by atoms with Crippen LogP contribution in [0.1, 0.15) is 58.3 Å². The average molecular weight is 343 g/mol. The van der Waals surface area contributed by atoms with E-state index in [0.29, 0.717) is 0 Å². The van der Waals surface area contributed by atoms with Crippen LogP contribution in [0.3, 0.4) is 0 Å². The molecule has 0 aromatic heterocycles. The van der Waals surface area contributed by atoms with Gasteiger partial charge in [0.15, 0.2) is 5.96 Å². The molecule has 0 saturated heterocycles. The summed E-state index contributed by atoms with van der Waals surface area (Å²) in [6.07, 6.45) is 8.68. The highest BCUT2D eigenvalue weighted by atomic mass is 16.1. The number of carbonyl (C=O) groups excluding carboxylic acids is 1. The summed E-state index contributed by atoms with van der Waals surface area (Å²) in [7, 11) is 0. The maximum absolute atomic E-state index is 11.0. The van der Waals surface area contributed by atoms with Crippen LogP contribution in [-0.4, -0.2) is 50.5 Å². The zero-order valence-corrected chi connectivity index (χ0v) is 15.4. The van der Waals surface area contributed by atoms with Crippen molar-refractivity contribution in [3.63, 3.8) is 0 Å². The molecule has 7 heteroatoms. The van der Waals surface area contributed by atoms with Crippen molar-refractivity contribution in [3.05, 3.63) is 0 Å². The molecule has 0 aliphatic rings. The van der Waals surface area contributed by atoms with Crippen molar-refractivity contribution in [2.45, 2.75) is 64.3 Å². The maximum Gasteiger partial charge on any atom is 0.185 e. The van der Waals surface area contributed by atoms with E-state index in [4.69, 9.17) is 17.2 Å². The third kappa shape index (κ3) is 17.2. The Morgan fingerprint density at radius 2 is 1.38 bits per heavy atom. The fourth-order valence-corrected chi connectivity index (χ4v) is 2.31. The highest BCUT2D eigenvalue weighted by molar-refractivity contribution is 5.81. The molecule has 142 valence electrons. The van der Waals surface area contributed by atoms with Gasteiger partial charge in [-0.3, -0.25) is 9.79 Å². The minimum Gasteiger partial charge on any atom is -0.370 e. The minimum atomic E-state index is -0.274. The Labute approximate surface area is 147 Å². The second-order valence-electron chi connectivity index (χ2n) is 6.29. The van der Waals surface area contributed by atoms with Crippen LogP contribution in [0.5, 0.6) is 0 Å². The number of unbranched alkanes of at least 4 members (excludes halogenated alkanes) is 4. The van der Waals surface area contributed by atoms with Crippen molar-refractivity contribution in [1.82, 2.24) is 10.6 Å². The molecule has 0 radical (unpaired) electrons. The average Bonchev–Trinajstić information content (AvgIpc) is 2.53. The van der Waals surface area contributed by atoms with E-state index in [0.717, 1.165) is 64.8 Å². The van der Waals surface area contributed by atoms with Gasteiger partial charge in [0, 0.05) is 6.54 Å². The Morgan fingerprint density at radius 1 is 0.875 bits per heavy atom. The number of nitrogens with zero attached hydrogens (tertiary/aromatic N) is 1. The van der Waals surface area contributed by atoms with Gasteiger partial charge in [0.05, 0.1) is 6.04 Å². The molecule has 0 spiro atoms. The number of nitrogens with two attached hydrogens (primary N) is 3. The van der Waals surface area contributed by atoms with Gasteiger partial charge in [-0.1, -0.05) is 12.8 Å². The quantitative estimate of drug-likeness (QED) is 0.148. The largest absolute Gasteiger partial charge is 0.370 e. The van der Waals surface area contributed by atoms with E-state index < -0.39 is 0 Å². The first kappa shape index (κ1) is 22.8. The normalized spacial score (nSPS) is 12.1. The maximum atomic E-state index is 11.0. The molecule has 8 N–H and O–H groups in total. The van der Waals surface area contributed by atoms with E-state index in [1.165, 1.54) is 19.3 Å². The smallest absolute Gasteiger partial charge is 0.185 e. The molecule has 0 aliphatic heterocycles. The van der Waals surface area contributed by atoms with Crippen LogP contribution in [0.15, 0.2) is 4.99 Å². The molecule has 24 heavy (non-hydrogen) atoms. The highest BCUT2D eigenvalue weighted by Crippen LogP contribution is 1.99. The first-order chi connectivity index (χ1) is 11.5. The number of hydrogen-bond acceptors (Lipinski definition) is 5. The molecular weight excluding hydrogens is 304 g/mol. The molecule has 7 nitrogen and oxygen atoms in total. The van der Waals surface area contributed by atoms with E-state index in [2.05, 4.69) is 15.6 Å². The molecule has 0 aliphatic carbocycles. The van der Waals surface area contributed by atoms with Crippen LogP contribution < -0.4 is 27.8 Å². The molecule has 1 unspecified atom stereocenters. The number of aliphatic imine (C=N–C) groups is 1. The minimum absolute atomic E-state index is 0.0883. The monoisotopic (exact) mass is 342 g/mol. The van der Waals surface area contributed by atoms with Gasteiger partial charge in [-0.25, -0.2) is 0 Å². The SMILES string of the molecule is CC(=O)C(N)CCCCNCCCCCNCCCCN=C(N)N. The van der Waals surface area contributed by atoms with E-state index in [-0.39, 0.29) is 17.8 Å². The van der Waals surface area contributed by atoms with Gasteiger partial charge >= 0.3 is 0 Å². The summed E-state index contributed by atoms with van der Waals surface area (Å²) in [4.78, 5) is 14.9. The van der Waals surface area contributed by atoms with Crippen LogP contribution in [0.2, 0.25) is 0 Å². The van der Waals surface area contributed by atoms with Crippen molar-refractivity contribution in [2.24, 2.45) is 22.2 Å². The molecule has 0 rings (SSSR count). The zero-order chi connectivity index (χ0) is 18.0. The van der Waals surface area contributed by atoms with Gasteiger partial charge in [-0.2, -0.15) is 0 Å². The number of nitrogens with one attached hydrogen (secondary N) is 2. The number of Topliss-reactive ketones (excluding diaryl/α,β-unsaturated/α-hetero) is 1. The van der Waals surface area contributed by atoms with Gasteiger partial charge < -0.3 is 27.8 Å².